The third-order valence-electron chi connectivity index (χ3n) is 1.15. The average Bonchev–Trinajstić information content (AvgIpc) is 1.88. The van der Waals surface area contributed by atoms with Crippen molar-refractivity contribution in [3.63, 3.8) is 0 Å². The molecule has 54 valence electrons. The first-order chi connectivity index (χ1) is 4.70. The summed E-state index contributed by atoms with van der Waals surface area (Å²) in [5.74, 6) is 0.331. The average molecular weight is 360 g/mol. The number of alkyl halides is 2. The molecule has 0 amide bonds. The Hall–Kier alpha value is 0.480. The van der Waals surface area contributed by atoms with E-state index < -0.39 is 0 Å². The van der Waals surface area contributed by atoms with Crippen LogP contribution >= 0.6 is 45.2 Å². The molecular formula is C7H6I2O. The van der Waals surface area contributed by atoms with Gasteiger partial charge in [-0.1, -0.05) is 57.3 Å². The van der Waals surface area contributed by atoms with Gasteiger partial charge in [0, 0.05) is 0 Å². The van der Waals surface area contributed by atoms with Crippen molar-refractivity contribution in [3.8, 4) is 5.75 Å². The van der Waals surface area contributed by atoms with Gasteiger partial charge in [-0.25, -0.2) is 0 Å². The quantitative estimate of drug-likeness (QED) is 0.602. The lowest BCUT2D eigenvalue weighted by atomic mass is 10.2. The lowest BCUT2D eigenvalue weighted by Gasteiger charge is -2.00. The highest BCUT2D eigenvalue weighted by atomic mass is 127. The summed E-state index contributed by atoms with van der Waals surface area (Å²) in [4.78, 5) is 0. The van der Waals surface area contributed by atoms with E-state index in [2.05, 4.69) is 45.2 Å². The van der Waals surface area contributed by atoms with Crippen LogP contribution in [0.5, 0.6) is 5.75 Å². The van der Waals surface area contributed by atoms with Crippen LogP contribution in [0.15, 0.2) is 24.3 Å². The van der Waals surface area contributed by atoms with Crippen LogP contribution in [0.1, 0.15) is 7.49 Å². The molecule has 0 saturated heterocycles. The molecule has 10 heavy (non-hydrogen) atoms. The minimum Gasteiger partial charge on any atom is -0.508 e. The Balaban J connectivity index is 2.89. The largest absolute Gasteiger partial charge is 0.508 e. The summed E-state index contributed by atoms with van der Waals surface area (Å²) in [7, 11) is 0. The molecule has 0 aliphatic heterocycles. The predicted molar refractivity (Wildman–Crippen MR) is 58.9 cm³/mol. The van der Waals surface area contributed by atoms with Crippen molar-refractivity contribution in [1.82, 2.24) is 0 Å². The fourth-order valence-electron chi connectivity index (χ4n) is 0.620. The molecule has 0 atom stereocenters. The van der Waals surface area contributed by atoms with Crippen molar-refractivity contribution >= 4 is 45.2 Å². The number of rotatable bonds is 1. The molecule has 1 nitrogen and oxygen atoms in total. The van der Waals surface area contributed by atoms with E-state index in [9.17, 15) is 0 Å². The van der Waals surface area contributed by atoms with Crippen molar-refractivity contribution in [1.29, 1.82) is 0 Å². The number of hydrogen-bond acceptors (Lipinski definition) is 1. The standard InChI is InChI=1S/C7H6I2O/c8-7(9)5-1-3-6(10)4-2-5/h1-4,7,10H. The van der Waals surface area contributed by atoms with Crippen LogP contribution in [0, 0.1) is 0 Å². The molecule has 0 aliphatic carbocycles. The number of hydrogen-bond donors (Lipinski definition) is 1. The van der Waals surface area contributed by atoms with E-state index in [1.807, 2.05) is 12.1 Å². The maximum atomic E-state index is 8.93. The molecule has 0 heterocycles. The molecule has 3 heteroatoms. The fraction of sp³-hybridized carbons (Fsp3) is 0.143. The van der Waals surface area contributed by atoms with Gasteiger partial charge in [0.15, 0.2) is 0 Å². The second-order valence-corrected chi connectivity index (χ2v) is 6.77. The molecule has 1 N–H and O–H groups in total. The first kappa shape index (κ1) is 8.58. The van der Waals surface area contributed by atoms with Gasteiger partial charge in [-0.15, -0.1) is 0 Å². The highest BCUT2D eigenvalue weighted by Crippen LogP contribution is 2.30. The summed E-state index contributed by atoms with van der Waals surface area (Å²) in [6, 6.07) is 7.27. The van der Waals surface area contributed by atoms with Crippen LogP contribution in [-0.4, -0.2) is 5.11 Å². The smallest absolute Gasteiger partial charge is 0.115 e. The van der Waals surface area contributed by atoms with E-state index in [4.69, 9.17) is 5.11 Å². The summed E-state index contributed by atoms with van der Waals surface area (Å²) in [6.45, 7) is 0. The minimum atomic E-state index is 0.331. The summed E-state index contributed by atoms with van der Waals surface area (Å²) in [5, 5.41) is 8.93. The van der Waals surface area contributed by atoms with Gasteiger partial charge in [0.25, 0.3) is 0 Å². The van der Waals surface area contributed by atoms with Gasteiger partial charge in [-0.2, -0.15) is 0 Å². The van der Waals surface area contributed by atoms with Crippen LogP contribution in [0.25, 0.3) is 0 Å². The highest BCUT2D eigenvalue weighted by Gasteiger charge is 1.99. The molecular weight excluding hydrogens is 354 g/mol. The van der Waals surface area contributed by atoms with Gasteiger partial charge < -0.3 is 5.11 Å². The van der Waals surface area contributed by atoms with Gasteiger partial charge in [-0.05, 0) is 17.7 Å². The van der Waals surface area contributed by atoms with Crippen molar-refractivity contribution in [3.05, 3.63) is 29.8 Å². The summed E-state index contributed by atoms with van der Waals surface area (Å²) in [6.07, 6.45) is 0. The SMILES string of the molecule is Oc1ccc(C(I)I)cc1. The zero-order chi connectivity index (χ0) is 7.56. The monoisotopic (exact) mass is 360 g/mol. The van der Waals surface area contributed by atoms with Crippen LogP contribution in [0.4, 0.5) is 0 Å². The zero-order valence-corrected chi connectivity index (χ0v) is 9.40. The molecule has 0 spiro atoms. The van der Waals surface area contributed by atoms with Crippen LogP contribution in [-0.2, 0) is 0 Å². The van der Waals surface area contributed by atoms with Gasteiger partial charge in [-0.3, -0.25) is 0 Å². The molecule has 0 aliphatic rings. The molecule has 1 aromatic carbocycles. The topological polar surface area (TPSA) is 20.2 Å². The normalized spacial score (nSPS) is 10.3. The van der Waals surface area contributed by atoms with E-state index in [0.29, 0.717) is 7.68 Å². The predicted octanol–water partition coefficient (Wildman–Crippen LogP) is 3.26. The molecule has 0 fully saturated rings. The minimum absolute atomic E-state index is 0.331. The Morgan fingerprint density at radius 1 is 1.10 bits per heavy atom. The Morgan fingerprint density at radius 2 is 1.60 bits per heavy atom. The lowest BCUT2D eigenvalue weighted by molar-refractivity contribution is 0.475. The van der Waals surface area contributed by atoms with Crippen molar-refractivity contribution in [2.24, 2.45) is 0 Å². The third kappa shape index (κ3) is 2.26. The van der Waals surface area contributed by atoms with Gasteiger partial charge in [0.2, 0.25) is 0 Å². The van der Waals surface area contributed by atoms with E-state index in [0.717, 1.165) is 0 Å². The molecule has 0 bridgehead atoms. The molecule has 0 aromatic heterocycles. The lowest BCUT2D eigenvalue weighted by Crippen LogP contribution is -1.76. The number of phenols is 1. The molecule has 0 saturated carbocycles. The van der Waals surface area contributed by atoms with E-state index in [1.165, 1.54) is 5.56 Å². The van der Waals surface area contributed by atoms with Crippen molar-refractivity contribution in [2.45, 2.75) is 1.93 Å². The number of phenolic OH excluding ortho intramolecular Hbond substituents is 1. The molecule has 0 unspecified atom stereocenters. The number of benzene rings is 1. The second-order valence-electron chi connectivity index (χ2n) is 1.89. The number of aromatic hydroxyl groups is 1. The van der Waals surface area contributed by atoms with Crippen molar-refractivity contribution in [2.75, 3.05) is 0 Å². The highest BCUT2D eigenvalue weighted by molar-refractivity contribution is 14.2. The number of halogens is 2. The summed E-state index contributed by atoms with van der Waals surface area (Å²) in [5.41, 5.74) is 1.24. The van der Waals surface area contributed by atoms with Crippen molar-refractivity contribution < 1.29 is 5.11 Å². The zero-order valence-electron chi connectivity index (χ0n) is 5.09. The molecule has 1 aromatic rings. The maximum absolute atomic E-state index is 8.93. The Kier molecular flexibility index (Phi) is 3.22. The van der Waals surface area contributed by atoms with E-state index in [1.54, 1.807) is 12.1 Å². The van der Waals surface area contributed by atoms with Crippen LogP contribution in [0.3, 0.4) is 0 Å². The summed E-state index contributed by atoms with van der Waals surface area (Å²) < 4.78 is 0.482. The Labute approximate surface area is 87.1 Å². The first-order valence-corrected chi connectivity index (χ1v) is 5.26. The van der Waals surface area contributed by atoms with E-state index in [-0.39, 0.29) is 0 Å². The Bertz CT molecular complexity index is 205. The van der Waals surface area contributed by atoms with Gasteiger partial charge >= 0.3 is 0 Å². The van der Waals surface area contributed by atoms with Gasteiger partial charge in [0.1, 0.15) is 5.75 Å². The maximum Gasteiger partial charge on any atom is 0.115 e. The fourth-order valence-corrected chi connectivity index (χ4v) is 1.45. The van der Waals surface area contributed by atoms with Crippen LogP contribution in [0.2, 0.25) is 0 Å². The molecule has 0 radical (unpaired) electrons. The Morgan fingerprint density at radius 3 is 2.00 bits per heavy atom. The van der Waals surface area contributed by atoms with E-state index >= 15 is 0 Å². The molecule has 1 rings (SSSR count). The second kappa shape index (κ2) is 3.75. The first-order valence-electron chi connectivity index (χ1n) is 2.77. The summed E-state index contributed by atoms with van der Waals surface area (Å²) >= 11 is 4.65. The van der Waals surface area contributed by atoms with Crippen LogP contribution < -0.4 is 0 Å². The third-order valence-corrected chi connectivity index (χ3v) is 2.58. The van der Waals surface area contributed by atoms with Gasteiger partial charge in [0.05, 0.1) is 1.93 Å².